The van der Waals surface area contributed by atoms with E-state index in [2.05, 4.69) is 10.2 Å². The van der Waals surface area contributed by atoms with Gasteiger partial charge in [0.05, 0.1) is 0 Å². The van der Waals surface area contributed by atoms with Crippen molar-refractivity contribution in [1.29, 1.82) is 0 Å². The van der Waals surface area contributed by atoms with Crippen LogP contribution < -0.4 is 11.1 Å². The summed E-state index contributed by atoms with van der Waals surface area (Å²) in [7, 11) is 0. The summed E-state index contributed by atoms with van der Waals surface area (Å²) in [4.78, 5) is 14.9. The normalized spacial score (nSPS) is 34.2. The summed E-state index contributed by atoms with van der Waals surface area (Å²) in [5.74, 6) is 0.435. The minimum absolute atomic E-state index is 0.171. The second-order valence-corrected chi connectivity index (χ2v) is 6.67. The van der Waals surface area contributed by atoms with E-state index in [1.165, 1.54) is 25.9 Å². The molecular weight excluding hydrogens is 238 g/mol. The zero-order chi connectivity index (χ0) is 13.2. The molecule has 3 aliphatic rings. The maximum absolute atomic E-state index is 12.3. The largest absolute Gasteiger partial charge is 0.353 e. The molecule has 3 N–H and O–H groups in total. The molecule has 2 saturated carbocycles. The van der Waals surface area contributed by atoms with E-state index in [1.807, 2.05) is 0 Å². The van der Waals surface area contributed by atoms with Crippen LogP contribution in [0.5, 0.6) is 0 Å². The van der Waals surface area contributed by atoms with E-state index in [-0.39, 0.29) is 17.9 Å². The lowest BCUT2D eigenvalue weighted by Crippen LogP contribution is -2.48. The maximum Gasteiger partial charge on any atom is 0.223 e. The lowest BCUT2D eigenvalue weighted by molar-refractivity contribution is -0.127. The van der Waals surface area contributed by atoms with Crippen molar-refractivity contribution in [2.45, 2.75) is 69.5 Å². The molecule has 0 radical (unpaired) electrons. The van der Waals surface area contributed by atoms with Crippen molar-refractivity contribution in [3.63, 3.8) is 0 Å². The molecule has 2 atom stereocenters. The fourth-order valence-electron chi connectivity index (χ4n) is 3.63. The van der Waals surface area contributed by atoms with E-state index in [9.17, 15) is 4.79 Å². The summed E-state index contributed by atoms with van der Waals surface area (Å²) in [6.45, 7) is 2.33. The SMILES string of the molecule is NC1CCCC(C(=O)NC2CCN(C3CC3)CC2)C1. The first kappa shape index (κ1) is 13.4. The topological polar surface area (TPSA) is 58.4 Å². The molecule has 0 aromatic heterocycles. The second kappa shape index (κ2) is 5.80. The van der Waals surface area contributed by atoms with Gasteiger partial charge in [0.2, 0.25) is 5.91 Å². The average molecular weight is 265 g/mol. The Bertz CT molecular complexity index is 321. The number of nitrogens with one attached hydrogen (secondary N) is 1. The van der Waals surface area contributed by atoms with Crippen molar-refractivity contribution in [1.82, 2.24) is 10.2 Å². The van der Waals surface area contributed by atoms with Gasteiger partial charge in [-0.15, -0.1) is 0 Å². The highest BCUT2D eigenvalue weighted by Gasteiger charge is 2.33. The molecule has 108 valence electrons. The van der Waals surface area contributed by atoms with Crippen molar-refractivity contribution < 1.29 is 4.79 Å². The highest BCUT2D eigenvalue weighted by atomic mass is 16.1. The molecule has 0 spiro atoms. The summed E-state index contributed by atoms with van der Waals surface area (Å²) in [5, 5.41) is 3.27. The third-order valence-corrected chi connectivity index (χ3v) is 5.02. The van der Waals surface area contributed by atoms with Gasteiger partial charge >= 0.3 is 0 Å². The number of likely N-dealkylation sites (tertiary alicyclic amines) is 1. The number of nitrogens with zero attached hydrogens (tertiary/aromatic N) is 1. The van der Waals surface area contributed by atoms with E-state index in [1.54, 1.807) is 0 Å². The third kappa shape index (κ3) is 3.48. The lowest BCUT2D eigenvalue weighted by atomic mass is 9.85. The van der Waals surface area contributed by atoms with Crippen molar-refractivity contribution >= 4 is 5.91 Å². The first-order valence-electron chi connectivity index (χ1n) is 8.02. The van der Waals surface area contributed by atoms with Crippen molar-refractivity contribution in [2.75, 3.05) is 13.1 Å². The lowest BCUT2D eigenvalue weighted by Gasteiger charge is -2.34. The molecular formula is C15H27N3O. The number of amides is 1. The Labute approximate surface area is 116 Å². The molecule has 1 amide bonds. The van der Waals surface area contributed by atoms with Gasteiger partial charge in [-0.25, -0.2) is 0 Å². The van der Waals surface area contributed by atoms with E-state index >= 15 is 0 Å². The molecule has 19 heavy (non-hydrogen) atoms. The first-order valence-corrected chi connectivity index (χ1v) is 8.02. The van der Waals surface area contributed by atoms with Crippen LogP contribution in [0.1, 0.15) is 51.4 Å². The van der Waals surface area contributed by atoms with E-state index in [4.69, 9.17) is 5.73 Å². The van der Waals surface area contributed by atoms with Gasteiger partial charge in [-0.3, -0.25) is 4.79 Å². The van der Waals surface area contributed by atoms with Crippen LogP contribution in [0.15, 0.2) is 0 Å². The minimum atomic E-state index is 0.171. The Hall–Kier alpha value is -0.610. The van der Waals surface area contributed by atoms with Gasteiger partial charge < -0.3 is 16.0 Å². The smallest absolute Gasteiger partial charge is 0.223 e. The van der Waals surface area contributed by atoms with Crippen LogP contribution in [0.2, 0.25) is 0 Å². The van der Waals surface area contributed by atoms with Crippen molar-refractivity contribution in [3.05, 3.63) is 0 Å². The average Bonchev–Trinajstić information content (AvgIpc) is 3.24. The number of nitrogens with two attached hydrogens (primary N) is 1. The predicted octanol–water partition coefficient (Wildman–Crippen LogP) is 1.25. The van der Waals surface area contributed by atoms with E-state index in [0.717, 1.165) is 44.6 Å². The number of hydrogen-bond donors (Lipinski definition) is 2. The molecule has 1 heterocycles. The van der Waals surface area contributed by atoms with Crippen molar-refractivity contribution in [3.8, 4) is 0 Å². The van der Waals surface area contributed by atoms with E-state index < -0.39 is 0 Å². The molecule has 0 aromatic carbocycles. The predicted molar refractivity (Wildman–Crippen MR) is 75.7 cm³/mol. The molecule has 0 aromatic rings. The first-order chi connectivity index (χ1) is 9.22. The molecule has 3 fully saturated rings. The summed E-state index contributed by atoms with van der Waals surface area (Å²) in [6, 6.07) is 1.51. The fourth-order valence-corrected chi connectivity index (χ4v) is 3.63. The number of piperidine rings is 1. The fraction of sp³-hybridized carbons (Fsp3) is 0.933. The molecule has 4 nitrogen and oxygen atoms in total. The highest BCUT2D eigenvalue weighted by Crippen LogP contribution is 2.29. The highest BCUT2D eigenvalue weighted by molar-refractivity contribution is 5.79. The minimum Gasteiger partial charge on any atom is -0.353 e. The second-order valence-electron chi connectivity index (χ2n) is 6.67. The monoisotopic (exact) mass is 265 g/mol. The molecule has 1 saturated heterocycles. The Morgan fingerprint density at radius 2 is 1.79 bits per heavy atom. The van der Waals surface area contributed by atoms with Gasteiger partial charge in [0, 0.05) is 37.1 Å². The number of carbonyl (C=O) groups excluding carboxylic acids is 1. The Morgan fingerprint density at radius 3 is 2.42 bits per heavy atom. The number of carbonyl (C=O) groups is 1. The van der Waals surface area contributed by atoms with Gasteiger partial charge in [0.25, 0.3) is 0 Å². The van der Waals surface area contributed by atoms with Gasteiger partial charge in [-0.1, -0.05) is 6.42 Å². The van der Waals surface area contributed by atoms with Crippen LogP contribution in [0, 0.1) is 5.92 Å². The van der Waals surface area contributed by atoms with Crippen LogP contribution >= 0.6 is 0 Å². The van der Waals surface area contributed by atoms with Crippen molar-refractivity contribution in [2.24, 2.45) is 11.7 Å². The molecule has 1 aliphatic heterocycles. The quantitative estimate of drug-likeness (QED) is 0.807. The van der Waals surface area contributed by atoms with Crippen LogP contribution in [-0.4, -0.2) is 42.0 Å². The molecule has 2 aliphatic carbocycles. The number of hydrogen-bond acceptors (Lipinski definition) is 3. The van der Waals surface area contributed by atoms with Gasteiger partial charge in [-0.05, 0) is 44.9 Å². The van der Waals surface area contributed by atoms with Crippen LogP contribution in [0.25, 0.3) is 0 Å². The van der Waals surface area contributed by atoms with Crippen LogP contribution in [-0.2, 0) is 4.79 Å². The molecule has 0 bridgehead atoms. The zero-order valence-electron chi connectivity index (χ0n) is 11.8. The summed E-state index contributed by atoms with van der Waals surface area (Å²) < 4.78 is 0. The van der Waals surface area contributed by atoms with Gasteiger partial charge in [0.1, 0.15) is 0 Å². The zero-order valence-corrected chi connectivity index (χ0v) is 11.8. The standard InChI is InChI=1S/C15H27N3O/c16-12-3-1-2-11(10-12)15(19)17-13-6-8-18(9-7-13)14-4-5-14/h11-14H,1-10,16H2,(H,17,19). The summed E-state index contributed by atoms with van der Waals surface area (Å²) in [5.41, 5.74) is 5.97. The van der Waals surface area contributed by atoms with Gasteiger partial charge in [-0.2, -0.15) is 0 Å². The Morgan fingerprint density at radius 1 is 1.05 bits per heavy atom. The van der Waals surface area contributed by atoms with E-state index in [0.29, 0.717) is 6.04 Å². The summed E-state index contributed by atoms with van der Waals surface area (Å²) in [6.07, 6.45) is 9.13. The molecule has 2 unspecified atom stereocenters. The Balaban J connectivity index is 1.42. The van der Waals surface area contributed by atoms with Gasteiger partial charge in [0.15, 0.2) is 0 Å². The van der Waals surface area contributed by atoms with Crippen LogP contribution in [0.3, 0.4) is 0 Å². The van der Waals surface area contributed by atoms with Crippen LogP contribution in [0.4, 0.5) is 0 Å². The third-order valence-electron chi connectivity index (χ3n) is 5.02. The maximum atomic E-state index is 12.3. The Kier molecular flexibility index (Phi) is 4.08. The molecule has 3 rings (SSSR count). The number of rotatable bonds is 3. The summed E-state index contributed by atoms with van der Waals surface area (Å²) >= 11 is 0. The molecule has 4 heteroatoms.